The van der Waals surface area contributed by atoms with E-state index in [2.05, 4.69) is 0 Å². The molecular formula is C11H19NO5S. The minimum atomic E-state index is -3.41. The molecule has 0 aromatic carbocycles. The molecule has 0 aromatic rings. The molecule has 18 heavy (non-hydrogen) atoms. The van der Waals surface area contributed by atoms with Crippen LogP contribution in [-0.2, 0) is 19.6 Å². The molecule has 104 valence electrons. The topological polar surface area (TPSA) is 83.9 Å². The predicted octanol–water partition coefficient (Wildman–Crippen LogP) is 0.292. The highest BCUT2D eigenvalue weighted by Gasteiger charge is 2.37. The first-order chi connectivity index (χ1) is 8.51. The van der Waals surface area contributed by atoms with E-state index in [1.807, 2.05) is 0 Å². The lowest BCUT2D eigenvalue weighted by Gasteiger charge is -2.34. The maximum absolute atomic E-state index is 12.4. The van der Waals surface area contributed by atoms with Crippen LogP contribution in [0, 0.1) is 5.92 Å². The van der Waals surface area contributed by atoms with Gasteiger partial charge in [-0.25, -0.2) is 12.7 Å². The van der Waals surface area contributed by atoms with Crippen LogP contribution in [0.15, 0.2) is 0 Å². The van der Waals surface area contributed by atoms with Gasteiger partial charge in [-0.1, -0.05) is 0 Å². The number of nitrogens with zero attached hydrogens (tertiary/aromatic N) is 1. The summed E-state index contributed by atoms with van der Waals surface area (Å²) in [7, 11) is -3.41. The van der Waals surface area contributed by atoms with Crippen LogP contribution in [0.3, 0.4) is 0 Å². The summed E-state index contributed by atoms with van der Waals surface area (Å²) in [6.45, 7) is 1.39. The Hall–Kier alpha value is -0.660. The summed E-state index contributed by atoms with van der Waals surface area (Å²) in [5, 5.41) is 8.48. The van der Waals surface area contributed by atoms with Gasteiger partial charge in [0.15, 0.2) is 0 Å². The number of hydrogen-bond donors (Lipinski definition) is 1. The van der Waals surface area contributed by atoms with Gasteiger partial charge in [-0.15, -0.1) is 0 Å². The Morgan fingerprint density at radius 2 is 2.06 bits per heavy atom. The van der Waals surface area contributed by atoms with Crippen LogP contribution in [0.25, 0.3) is 0 Å². The van der Waals surface area contributed by atoms with Gasteiger partial charge in [-0.05, 0) is 25.7 Å². The molecule has 6 nitrogen and oxygen atoms in total. The largest absolute Gasteiger partial charge is 0.481 e. The maximum atomic E-state index is 12.4. The average Bonchev–Trinajstić information content (AvgIpc) is 2.40. The smallest absolute Gasteiger partial charge is 0.307 e. The number of carbonyl (C=O) groups is 1. The molecule has 0 aromatic heterocycles. The first kappa shape index (κ1) is 13.8. The van der Waals surface area contributed by atoms with Crippen molar-refractivity contribution in [2.75, 3.05) is 26.3 Å². The van der Waals surface area contributed by atoms with Crippen molar-refractivity contribution in [3.8, 4) is 0 Å². The van der Waals surface area contributed by atoms with Gasteiger partial charge < -0.3 is 9.84 Å². The lowest BCUT2D eigenvalue weighted by Crippen LogP contribution is -2.48. The van der Waals surface area contributed by atoms with Crippen LogP contribution >= 0.6 is 0 Å². The molecule has 0 amide bonds. The van der Waals surface area contributed by atoms with E-state index in [0.29, 0.717) is 32.4 Å². The normalized spacial score (nSPS) is 31.1. The van der Waals surface area contributed by atoms with Crippen LogP contribution in [0.4, 0.5) is 0 Å². The van der Waals surface area contributed by atoms with E-state index in [1.165, 1.54) is 4.31 Å². The average molecular weight is 277 g/mol. The van der Waals surface area contributed by atoms with Crippen molar-refractivity contribution >= 4 is 16.0 Å². The Morgan fingerprint density at radius 1 is 1.28 bits per heavy atom. The van der Waals surface area contributed by atoms with Gasteiger partial charge in [-0.3, -0.25) is 4.79 Å². The highest BCUT2D eigenvalue weighted by atomic mass is 32.2. The summed E-state index contributed by atoms with van der Waals surface area (Å²) < 4.78 is 31.3. The summed E-state index contributed by atoms with van der Waals surface area (Å²) in [4.78, 5) is 11.0. The first-order valence-corrected chi connectivity index (χ1v) is 7.81. The first-order valence-electron chi connectivity index (χ1n) is 6.31. The molecule has 2 atom stereocenters. The third-order valence-electron chi connectivity index (χ3n) is 3.63. The highest BCUT2D eigenvalue weighted by molar-refractivity contribution is 7.89. The number of sulfonamides is 1. The van der Waals surface area contributed by atoms with E-state index >= 15 is 0 Å². The molecule has 7 heteroatoms. The van der Waals surface area contributed by atoms with E-state index in [0.717, 1.165) is 6.42 Å². The molecule has 2 fully saturated rings. The second-order valence-electron chi connectivity index (χ2n) is 4.92. The summed E-state index contributed by atoms with van der Waals surface area (Å²) in [6.07, 6.45) is 2.53. The molecule has 0 radical (unpaired) electrons. The minimum absolute atomic E-state index is 0.105. The van der Waals surface area contributed by atoms with Crippen molar-refractivity contribution in [1.82, 2.24) is 4.31 Å². The van der Waals surface area contributed by atoms with Crippen LogP contribution in [0.5, 0.6) is 0 Å². The standard InChI is InChI=1S/C11H19NO5S/c13-11(14)9-3-1-5-12(7-9)18(15,16)10-4-2-6-17-8-10/h9-10H,1-8H2,(H,13,14). The predicted molar refractivity (Wildman–Crippen MR) is 64.7 cm³/mol. The number of piperidine rings is 1. The molecule has 1 N–H and O–H groups in total. The monoisotopic (exact) mass is 277 g/mol. The zero-order valence-corrected chi connectivity index (χ0v) is 11.1. The molecule has 0 spiro atoms. The third kappa shape index (κ3) is 2.84. The molecule has 2 aliphatic heterocycles. The quantitative estimate of drug-likeness (QED) is 0.801. The molecule has 0 saturated carbocycles. The molecule has 2 rings (SSSR count). The second kappa shape index (κ2) is 5.54. The Labute approximate surface area is 107 Å². The summed E-state index contributed by atoms with van der Waals surface area (Å²) >= 11 is 0. The van der Waals surface area contributed by atoms with Gasteiger partial charge in [-0.2, -0.15) is 0 Å². The molecule has 0 aliphatic carbocycles. The fourth-order valence-electron chi connectivity index (χ4n) is 2.53. The highest BCUT2D eigenvalue weighted by Crippen LogP contribution is 2.24. The Balaban J connectivity index is 2.06. The van der Waals surface area contributed by atoms with Crippen LogP contribution < -0.4 is 0 Å². The molecule has 0 bridgehead atoms. The zero-order chi connectivity index (χ0) is 13.2. The van der Waals surface area contributed by atoms with Crippen molar-refractivity contribution in [2.24, 2.45) is 5.92 Å². The number of rotatable bonds is 3. The fraction of sp³-hybridized carbons (Fsp3) is 0.909. The van der Waals surface area contributed by atoms with E-state index in [4.69, 9.17) is 9.84 Å². The van der Waals surface area contributed by atoms with Crippen LogP contribution in [0.1, 0.15) is 25.7 Å². The minimum Gasteiger partial charge on any atom is -0.481 e. The van der Waals surface area contributed by atoms with Gasteiger partial charge in [0.25, 0.3) is 0 Å². The molecule has 2 unspecified atom stereocenters. The van der Waals surface area contributed by atoms with E-state index in [1.54, 1.807) is 0 Å². The number of carboxylic acid groups (broad SMARTS) is 1. The fourth-order valence-corrected chi connectivity index (χ4v) is 4.46. The second-order valence-corrected chi connectivity index (χ2v) is 7.13. The Kier molecular flexibility index (Phi) is 4.24. The Morgan fingerprint density at radius 3 is 2.67 bits per heavy atom. The van der Waals surface area contributed by atoms with Crippen molar-refractivity contribution < 1.29 is 23.1 Å². The number of carboxylic acids is 1. The number of ether oxygens (including phenoxy) is 1. The van der Waals surface area contributed by atoms with Gasteiger partial charge in [0.2, 0.25) is 10.0 Å². The SMILES string of the molecule is O=C(O)C1CCCN(S(=O)(=O)C2CCCOC2)C1. The van der Waals surface area contributed by atoms with Gasteiger partial charge in [0.05, 0.1) is 17.8 Å². The van der Waals surface area contributed by atoms with Gasteiger partial charge >= 0.3 is 5.97 Å². The maximum Gasteiger partial charge on any atom is 0.307 e. The van der Waals surface area contributed by atoms with E-state index in [-0.39, 0.29) is 13.2 Å². The number of aliphatic carboxylic acids is 1. The van der Waals surface area contributed by atoms with Crippen molar-refractivity contribution in [3.05, 3.63) is 0 Å². The van der Waals surface area contributed by atoms with Crippen molar-refractivity contribution in [1.29, 1.82) is 0 Å². The van der Waals surface area contributed by atoms with Crippen molar-refractivity contribution in [2.45, 2.75) is 30.9 Å². The lowest BCUT2D eigenvalue weighted by atomic mass is 10.0. The van der Waals surface area contributed by atoms with Gasteiger partial charge in [0, 0.05) is 19.7 Å². The van der Waals surface area contributed by atoms with Crippen LogP contribution in [0.2, 0.25) is 0 Å². The lowest BCUT2D eigenvalue weighted by molar-refractivity contribution is -0.142. The number of hydrogen-bond acceptors (Lipinski definition) is 4. The van der Waals surface area contributed by atoms with E-state index < -0.39 is 27.2 Å². The summed E-state index contributed by atoms with van der Waals surface area (Å²) in [5.74, 6) is -1.48. The third-order valence-corrected chi connectivity index (χ3v) is 5.90. The summed E-state index contributed by atoms with van der Waals surface area (Å²) in [5.41, 5.74) is 0. The van der Waals surface area contributed by atoms with E-state index in [9.17, 15) is 13.2 Å². The molecule has 2 saturated heterocycles. The van der Waals surface area contributed by atoms with Crippen molar-refractivity contribution in [3.63, 3.8) is 0 Å². The molecular weight excluding hydrogens is 258 g/mol. The molecule has 2 aliphatic rings. The van der Waals surface area contributed by atoms with Gasteiger partial charge in [0.1, 0.15) is 0 Å². The zero-order valence-electron chi connectivity index (χ0n) is 10.2. The Bertz CT molecular complexity index is 402. The summed E-state index contributed by atoms with van der Waals surface area (Å²) in [6, 6.07) is 0. The molecule has 2 heterocycles. The van der Waals surface area contributed by atoms with Crippen LogP contribution in [-0.4, -0.2) is 55.4 Å².